The number of nitrogens with zero attached hydrogens (tertiary/aromatic N) is 1. The highest BCUT2D eigenvalue weighted by molar-refractivity contribution is 6.31. The van der Waals surface area contributed by atoms with E-state index in [2.05, 4.69) is 0 Å². The number of halogens is 1. The van der Waals surface area contributed by atoms with E-state index in [4.69, 9.17) is 16.3 Å². The Morgan fingerprint density at radius 1 is 1.32 bits per heavy atom. The van der Waals surface area contributed by atoms with Gasteiger partial charge >= 0.3 is 6.09 Å². The first kappa shape index (κ1) is 13.9. The third kappa shape index (κ3) is 3.07. The highest BCUT2D eigenvalue weighted by Gasteiger charge is 2.32. The van der Waals surface area contributed by atoms with Crippen LogP contribution in [0.25, 0.3) is 0 Å². The molecule has 2 amide bonds. The van der Waals surface area contributed by atoms with Gasteiger partial charge in [-0.05, 0) is 51.0 Å². The first-order valence-electron chi connectivity index (χ1n) is 6.12. The van der Waals surface area contributed by atoms with Crippen molar-refractivity contribution in [1.29, 1.82) is 0 Å². The number of imide groups is 1. The van der Waals surface area contributed by atoms with Crippen molar-refractivity contribution in [2.24, 2.45) is 0 Å². The van der Waals surface area contributed by atoms with Gasteiger partial charge in [-0.2, -0.15) is 0 Å². The van der Waals surface area contributed by atoms with Crippen LogP contribution in [0.5, 0.6) is 0 Å². The molecule has 4 nitrogen and oxygen atoms in total. The second-order valence-electron chi connectivity index (χ2n) is 5.48. The van der Waals surface area contributed by atoms with Gasteiger partial charge in [-0.1, -0.05) is 11.6 Å². The van der Waals surface area contributed by atoms with E-state index in [9.17, 15) is 9.59 Å². The molecule has 1 heterocycles. The van der Waals surface area contributed by atoms with Crippen LogP contribution in [0.15, 0.2) is 18.2 Å². The minimum absolute atomic E-state index is 0.246. The molecular formula is C14H16ClNO3. The molecule has 0 spiro atoms. The molecule has 0 unspecified atom stereocenters. The highest BCUT2D eigenvalue weighted by atomic mass is 35.5. The fourth-order valence-corrected chi connectivity index (χ4v) is 2.16. The van der Waals surface area contributed by atoms with Crippen LogP contribution in [0, 0.1) is 0 Å². The molecule has 0 radical (unpaired) electrons. The molecule has 0 aromatic heterocycles. The molecule has 1 aromatic carbocycles. The largest absolute Gasteiger partial charge is 0.443 e. The number of carbonyl (C=O) groups excluding carboxylic acids is 2. The van der Waals surface area contributed by atoms with Gasteiger partial charge in [-0.15, -0.1) is 0 Å². The van der Waals surface area contributed by atoms with Crippen LogP contribution in [0.1, 0.15) is 32.8 Å². The maximum absolute atomic E-state index is 12.1. The van der Waals surface area contributed by atoms with Crippen molar-refractivity contribution in [3.05, 3.63) is 28.8 Å². The summed E-state index contributed by atoms with van der Waals surface area (Å²) in [7, 11) is 0. The number of fused-ring (bicyclic) bond motifs is 1. The van der Waals surface area contributed by atoms with E-state index < -0.39 is 11.7 Å². The molecule has 2 rings (SSSR count). The van der Waals surface area contributed by atoms with Crippen LogP contribution in [-0.2, 0) is 16.0 Å². The van der Waals surface area contributed by atoms with Crippen molar-refractivity contribution in [1.82, 2.24) is 0 Å². The molecule has 0 N–H and O–H groups in total. The topological polar surface area (TPSA) is 46.6 Å². The van der Waals surface area contributed by atoms with Gasteiger partial charge in [0.1, 0.15) is 5.60 Å². The molecular weight excluding hydrogens is 266 g/mol. The molecule has 0 bridgehead atoms. The first-order valence-corrected chi connectivity index (χ1v) is 6.50. The minimum Gasteiger partial charge on any atom is -0.443 e. The number of rotatable bonds is 0. The van der Waals surface area contributed by atoms with Gasteiger partial charge in [0.2, 0.25) is 5.91 Å². The van der Waals surface area contributed by atoms with Crippen molar-refractivity contribution < 1.29 is 14.3 Å². The Morgan fingerprint density at radius 2 is 2.00 bits per heavy atom. The lowest BCUT2D eigenvalue weighted by Crippen LogP contribution is -2.43. The van der Waals surface area contributed by atoms with Gasteiger partial charge in [0, 0.05) is 11.4 Å². The summed E-state index contributed by atoms with van der Waals surface area (Å²) in [5.41, 5.74) is 0.814. The molecule has 0 fully saturated rings. The molecule has 1 aliphatic heterocycles. The van der Waals surface area contributed by atoms with Crippen LogP contribution < -0.4 is 4.90 Å². The number of anilines is 1. The molecule has 1 aliphatic rings. The number of hydrogen-bond donors (Lipinski definition) is 0. The molecule has 0 saturated heterocycles. The van der Waals surface area contributed by atoms with E-state index >= 15 is 0 Å². The maximum Gasteiger partial charge on any atom is 0.421 e. The summed E-state index contributed by atoms with van der Waals surface area (Å²) < 4.78 is 5.27. The number of amides is 2. The number of carbonyl (C=O) groups is 2. The second kappa shape index (κ2) is 4.85. The molecule has 0 saturated carbocycles. The average molecular weight is 282 g/mol. The van der Waals surface area contributed by atoms with Crippen LogP contribution in [0.4, 0.5) is 10.5 Å². The first-order chi connectivity index (χ1) is 8.78. The van der Waals surface area contributed by atoms with E-state index in [1.54, 1.807) is 39.0 Å². The van der Waals surface area contributed by atoms with Crippen LogP contribution in [0.2, 0.25) is 5.02 Å². The van der Waals surface area contributed by atoms with Crippen LogP contribution >= 0.6 is 11.6 Å². The van der Waals surface area contributed by atoms with E-state index in [1.807, 2.05) is 0 Å². The lowest BCUT2D eigenvalue weighted by atomic mass is 10.0. The Hall–Kier alpha value is -1.55. The number of hydrogen-bond acceptors (Lipinski definition) is 3. The molecule has 0 atom stereocenters. The van der Waals surface area contributed by atoms with Crippen LogP contribution in [-0.4, -0.2) is 17.6 Å². The predicted molar refractivity (Wildman–Crippen MR) is 73.5 cm³/mol. The normalized spacial score (nSPS) is 15.2. The second-order valence-corrected chi connectivity index (χ2v) is 5.92. The fourth-order valence-electron chi connectivity index (χ4n) is 1.97. The van der Waals surface area contributed by atoms with Crippen molar-refractivity contribution in [2.45, 2.75) is 39.2 Å². The average Bonchev–Trinajstić information content (AvgIpc) is 2.26. The molecule has 0 aliphatic carbocycles. The lowest BCUT2D eigenvalue weighted by Gasteiger charge is -2.30. The SMILES string of the molecule is CC(C)(C)OC(=O)N1C(=O)CCc2cc(Cl)ccc21. The molecule has 19 heavy (non-hydrogen) atoms. The van der Waals surface area contributed by atoms with Crippen molar-refractivity contribution in [3.8, 4) is 0 Å². The number of aryl methyl sites for hydroxylation is 1. The standard InChI is InChI=1S/C14H16ClNO3/c1-14(2,3)19-13(18)16-11-6-5-10(15)8-9(11)4-7-12(16)17/h5-6,8H,4,7H2,1-3H3. The number of benzene rings is 1. The smallest absolute Gasteiger partial charge is 0.421 e. The summed E-state index contributed by atoms with van der Waals surface area (Å²) in [5.74, 6) is -0.246. The van der Waals surface area contributed by atoms with E-state index in [1.165, 1.54) is 0 Å². The zero-order valence-electron chi connectivity index (χ0n) is 11.2. The Morgan fingerprint density at radius 3 is 2.63 bits per heavy atom. The molecule has 1 aromatic rings. The maximum atomic E-state index is 12.1. The summed E-state index contributed by atoms with van der Waals surface area (Å²) in [6.45, 7) is 5.30. The summed E-state index contributed by atoms with van der Waals surface area (Å²) in [6.07, 6.45) is 0.237. The molecule has 102 valence electrons. The predicted octanol–water partition coefficient (Wildman–Crippen LogP) is 3.55. The molecule has 5 heteroatoms. The number of ether oxygens (including phenoxy) is 1. The van der Waals surface area contributed by atoms with Gasteiger partial charge < -0.3 is 4.74 Å². The summed E-state index contributed by atoms with van der Waals surface area (Å²) >= 11 is 5.93. The quantitative estimate of drug-likeness (QED) is 0.730. The Bertz CT molecular complexity index is 534. The monoisotopic (exact) mass is 281 g/mol. The summed E-state index contributed by atoms with van der Waals surface area (Å²) in [4.78, 5) is 25.2. The zero-order chi connectivity index (χ0) is 14.2. The van der Waals surface area contributed by atoms with Gasteiger partial charge in [0.15, 0.2) is 0 Å². The van der Waals surface area contributed by atoms with Gasteiger partial charge in [0.05, 0.1) is 5.69 Å². The van der Waals surface area contributed by atoms with E-state index in [0.29, 0.717) is 17.1 Å². The lowest BCUT2D eigenvalue weighted by molar-refractivity contribution is -0.118. The Kier molecular flexibility index (Phi) is 3.54. The van der Waals surface area contributed by atoms with Crippen LogP contribution in [0.3, 0.4) is 0 Å². The fraction of sp³-hybridized carbons (Fsp3) is 0.429. The summed E-state index contributed by atoms with van der Waals surface area (Å²) in [5, 5.41) is 0.595. The third-order valence-electron chi connectivity index (χ3n) is 2.72. The Balaban J connectivity index is 2.35. The zero-order valence-corrected chi connectivity index (χ0v) is 12.0. The van der Waals surface area contributed by atoms with Gasteiger partial charge in [-0.3, -0.25) is 4.79 Å². The Labute approximate surface area is 117 Å². The van der Waals surface area contributed by atoms with Crippen molar-refractivity contribution >= 4 is 29.3 Å². The summed E-state index contributed by atoms with van der Waals surface area (Å²) in [6, 6.07) is 5.12. The van der Waals surface area contributed by atoms with E-state index in [-0.39, 0.29) is 12.3 Å². The van der Waals surface area contributed by atoms with Crippen molar-refractivity contribution in [3.63, 3.8) is 0 Å². The van der Waals surface area contributed by atoms with Gasteiger partial charge in [0.25, 0.3) is 0 Å². The highest BCUT2D eigenvalue weighted by Crippen LogP contribution is 2.31. The third-order valence-corrected chi connectivity index (χ3v) is 2.95. The van der Waals surface area contributed by atoms with E-state index in [0.717, 1.165) is 10.5 Å². The minimum atomic E-state index is -0.638. The van der Waals surface area contributed by atoms with Gasteiger partial charge in [-0.25, -0.2) is 9.69 Å². The van der Waals surface area contributed by atoms with Crippen molar-refractivity contribution in [2.75, 3.05) is 4.90 Å².